The van der Waals surface area contributed by atoms with E-state index < -0.39 is 29.1 Å². The van der Waals surface area contributed by atoms with Crippen molar-refractivity contribution in [3.63, 3.8) is 0 Å². The van der Waals surface area contributed by atoms with Gasteiger partial charge in [-0.2, -0.15) is 0 Å². The summed E-state index contributed by atoms with van der Waals surface area (Å²) in [5.74, 6) is -2.16. The van der Waals surface area contributed by atoms with Gasteiger partial charge in [0.1, 0.15) is 11.6 Å². The molecule has 4 aliphatic rings. The minimum atomic E-state index is -1.26. The molecule has 9 heteroatoms. The molecule has 0 aliphatic carbocycles. The molecular formula is C30H40N4O5. The molecular weight excluding hydrogens is 496 g/mol. The number of carbonyl (C=O) groups excluding carboxylic acids is 3. The Morgan fingerprint density at radius 1 is 0.949 bits per heavy atom. The number of hydrogen-bond donors (Lipinski definition) is 1. The van der Waals surface area contributed by atoms with Gasteiger partial charge in [-0.25, -0.2) is 0 Å². The summed E-state index contributed by atoms with van der Waals surface area (Å²) < 4.78 is 6.80. The van der Waals surface area contributed by atoms with Crippen LogP contribution in [-0.2, 0) is 19.1 Å². The molecule has 0 aromatic heterocycles. The lowest BCUT2D eigenvalue weighted by atomic mass is 9.74. The van der Waals surface area contributed by atoms with E-state index in [2.05, 4.69) is 18.7 Å². The van der Waals surface area contributed by atoms with Crippen molar-refractivity contribution in [1.82, 2.24) is 9.80 Å². The number of aliphatic hydroxyl groups is 1. The average Bonchev–Trinajstić information content (AvgIpc) is 3.19. The van der Waals surface area contributed by atoms with Gasteiger partial charge in [0.2, 0.25) is 11.8 Å². The molecule has 4 heterocycles. The predicted molar refractivity (Wildman–Crippen MR) is 149 cm³/mol. The lowest BCUT2D eigenvalue weighted by Gasteiger charge is -2.37. The second-order valence-electron chi connectivity index (χ2n) is 11.1. The SMILES string of the molecule is CCN(CC)c1ccc(N2CC=C[C@]34O[C@]5(C)C=CCN(C)C(=O)[C@@H]5[C@H]3C(=O)N(CCCCO)C4C2=O)cc1. The molecule has 1 spiro atoms. The number of ether oxygens (including phenoxy) is 1. The van der Waals surface area contributed by atoms with E-state index in [0.29, 0.717) is 32.5 Å². The van der Waals surface area contributed by atoms with Crippen molar-refractivity contribution in [2.24, 2.45) is 11.8 Å². The molecule has 210 valence electrons. The topological polar surface area (TPSA) is 93.6 Å². The quantitative estimate of drug-likeness (QED) is 0.405. The zero-order valence-electron chi connectivity index (χ0n) is 23.4. The third-order valence-electron chi connectivity index (χ3n) is 8.86. The summed E-state index contributed by atoms with van der Waals surface area (Å²) in [4.78, 5) is 49.4. The minimum absolute atomic E-state index is 0.00536. The van der Waals surface area contributed by atoms with Crippen LogP contribution in [0.15, 0.2) is 48.6 Å². The highest BCUT2D eigenvalue weighted by Gasteiger charge is 2.74. The first-order valence-electron chi connectivity index (χ1n) is 14.1. The number of anilines is 2. The number of likely N-dealkylation sites (N-methyl/N-ethyl adjacent to an activating group) is 1. The van der Waals surface area contributed by atoms with Crippen LogP contribution in [0.2, 0.25) is 0 Å². The maximum atomic E-state index is 14.4. The van der Waals surface area contributed by atoms with Crippen LogP contribution < -0.4 is 9.80 Å². The van der Waals surface area contributed by atoms with Gasteiger partial charge in [0.15, 0.2) is 0 Å². The van der Waals surface area contributed by atoms with Crippen LogP contribution in [0.5, 0.6) is 0 Å². The average molecular weight is 537 g/mol. The van der Waals surface area contributed by atoms with Gasteiger partial charge in [0, 0.05) is 57.8 Å². The Bertz CT molecular complexity index is 1180. The normalized spacial score (nSPS) is 31.8. The summed E-state index contributed by atoms with van der Waals surface area (Å²) in [6.45, 7) is 8.94. The van der Waals surface area contributed by atoms with E-state index in [9.17, 15) is 19.5 Å². The third-order valence-corrected chi connectivity index (χ3v) is 8.86. The molecule has 1 aromatic carbocycles. The summed E-state index contributed by atoms with van der Waals surface area (Å²) in [7, 11) is 1.73. The molecule has 4 aliphatic heterocycles. The van der Waals surface area contributed by atoms with Crippen molar-refractivity contribution < 1.29 is 24.2 Å². The summed E-state index contributed by atoms with van der Waals surface area (Å²) >= 11 is 0. The molecule has 5 rings (SSSR count). The van der Waals surface area contributed by atoms with E-state index in [4.69, 9.17) is 4.74 Å². The van der Waals surface area contributed by atoms with Crippen LogP contribution in [0.1, 0.15) is 33.6 Å². The highest BCUT2D eigenvalue weighted by atomic mass is 16.5. The maximum Gasteiger partial charge on any atom is 0.253 e. The number of nitrogens with zero attached hydrogens (tertiary/aromatic N) is 4. The van der Waals surface area contributed by atoms with Crippen LogP contribution in [0.3, 0.4) is 0 Å². The number of rotatable bonds is 8. The van der Waals surface area contributed by atoms with Crippen molar-refractivity contribution >= 4 is 29.1 Å². The Balaban J connectivity index is 1.56. The molecule has 5 atom stereocenters. The van der Waals surface area contributed by atoms with Crippen molar-refractivity contribution in [2.45, 2.75) is 50.9 Å². The Morgan fingerprint density at radius 3 is 2.31 bits per heavy atom. The van der Waals surface area contributed by atoms with Gasteiger partial charge in [-0.1, -0.05) is 24.3 Å². The summed E-state index contributed by atoms with van der Waals surface area (Å²) in [6.07, 6.45) is 8.63. The fourth-order valence-corrected chi connectivity index (χ4v) is 6.94. The van der Waals surface area contributed by atoms with Crippen LogP contribution >= 0.6 is 0 Å². The summed E-state index contributed by atoms with van der Waals surface area (Å²) in [5, 5.41) is 9.39. The van der Waals surface area contributed by atoms with E-state index in [-0.39, 0.29) is 24.3 Å². The lowest BCUT2D eigenvalue weighted by molar-refractivity contribution is -0.148. The molecule has 9 nitrogen and oxygen atoms in total. The molecule has 3 amide bonds. The Kier molecular flexibility index (Phi) is 7.33. The van der Waals surface area contributed by atoms with E-state index in [0.717, 1.165) is 24.5 Å². The van der Waals surface area contributed by atoms with Crippen LogP contribution in [-0.4, -0.2) is 96.3 Å². The number of aliphatic hydroxyl groups excluding tert-OH is 1. The number of fused-ring (bicyclic) bond motifs is 2. The van der Waals surface area contributed by atoms with Gasteiger partial charge in [-0.05, 0) is 57.9 Å². The second-order valence-corrected chi connectivity index (χ2v) is 11.1. The lowest BCUT2D eigenvalue weighted by Crippen LogP contribution is -2.56. The van der Waals surface area contributed by atoms with Gasteiger partial charge < -0.3 is 29.4 Å². The Morgan fingerprint density at radius 2 is 1.64 bits per heavy atom. The number of hydrogen-bond acceptors (Lipinski definition) is 6. The van der Waals surface area contributed by atoms with Crippen molar-refractivity contribution in [1.29, 1.82) is 0 Å². The molecule has 39 heavy (non-hydrogen) atoms. The number of likely N-dealkylation sites (tertiary alicyclic amines) is 1. The Labute approximate surface area is 230 Å². The number of benzene rings is 1. The van der Waals surface area contributed by atoms with Gasteiger partial charge >= 0.3 is 0 Å². The Hall–Kier alpha value is -3.17. The number of amides is 3. The third kappa shape index (κ3) is 4.26. The molecule has 1 aromatic rings. The highest BCUT2D eigenvalue weighted by Crippen LogP contribution is 2.57. The van der Waals surface area contributed by atoms with Gasteiger partial charge in [0.05, 0.1) is 17.4 Å². The zero-order chi connectivity index (χ0) is 27.9. The zero-order valence-corrected chi connectivity index (χ0v) is 23.4. The molecule has 1 N–H and O–H groups in total. The summed E-state index contributed by atoms with van der Waals surface area (Å²) in [6, 6.07) is 7.02. The van der Waals surface area contributed by atoms with Crippen molar-refractivity contribution in [3.05, 3.63) is 48.6 Å². The van der Waals surface area contributed by atoms with Crippen LogP contribution in [0, 0.1) is 11.8 Å². The molecule has 0 saturated carbocycles. The number of unbranched alkanes of at least 4 members (excludes halogenated alkanes) is 1. The predicted octanol–water partition coefficient (Wildman–Crippen LogP) is 2.21. The largest absolute Gasteiger partial charge is 0.396 e. The fraction of sp³-hybridized carbons (Fsp3) is 0.567. The van der Waals surface area contributed by atoms with E-state index in [1.807, 2.05) is 55.5 Å². The van der Waals surface area contributed by atoms with E-state index in [1.165, 1.54) is 0 Å². The standard InChI is InChI=1S/C30H40N4O5/c1-5-32(6-2)21-11-13-22(14-12-21)33-19-10-16-30-24(23-26(36)31(4)17-9-15-29(23,3)39-30)27(37)34(18-7-8-20-35)25(30)28(33)38/h9-16,23-25,35H,5-8,17-20H2,1-4H3/t23-,24-,25?,29+,30-/m0/s1. The number of carbonyl (C=O) groups is 3. The van der Waals surface area contributed by atoms with Crippen molar-refractivity contribution in [3.8, 4) is 0 Å². The van der Waals surface area contributed by atoms with Crippen LogP contribution in [0.4, 0.5) is 11.4 Å². The highest BCUT2D eigenvalue weighted by molar-refractivity contribution is 6.06. The monoisotopic (exact) mass is 536 g/mol. The van der Waals surface area contributed by atoms with E-state index >= 15 is 0 Å². The first kappa shape index (κ1) is 27.4. The fourth-order valence-electron chi connectivity index (χ4n) is 6.94. The van der Waals surface area contributed by atoms with Crippen molar-refractivity contribution in [2.75, 3.05) is 56.2 Å². The first-order chi connectivity index (χ1) is 18.7. The smallest absolute Gasteiger partial charge is 0.253 e. The molecule has 2 saturated heterocycles. The van der Waals surface area contributed by atoms with Gasteiger partial charge in [-0.3, -0.25) is 14.4 Å². The molecule has 1 unspecified atom stereocenters. The molecule has 0 radical (unpaired) electrons. The first-order valence-corrected chi connectivity index (χ1v) is 14.1. The van der Waals surface area contributed by atoms with Gasteiger partial charge in [0.25, 0.3) is 5.91 Å². The second kappa shape index (κ2) is 10.4. The maximum absolute atomic E-state index is 14.4. The molecule has 0 bridgehead atoms. The van der Waals surface area contributed by atoms with Gasteiger partial charge in [-0.15, -0.1) is 0 Å². The van der Waals surface area contributed by atoms with E-state index in [1.54, 1.807) is 21.7 Å². The van der Waals surface area contributed by atoms with Crippen LogP contribution in [0.25, 0.3) is 0 Å². The molecule has 2 fully saturated rings. The minimum Gasteiger partial charge on any atom is -0.396 e. The summed E-state index contributed by atoms with van der Waals surface area (Å²) in [5.41, 5.74) is -0.441.